The normalized spacial score (nSPS) is 16.2. The minimum absolute atomic E-state index is 0.0773. The summed E-state index contributed by atoms with van der Waals surface area (Å²) >= 11 is 0. The number of ketones is 1. The third-order valence-electron chi connectivity index (χ3n) is 4.22. The van der Waals surface area contributed by atoms with E-state index in [-0.39, 0.29) is 6.04 Å². The molecule has 0 unspecified atom stereocenters. The molecule has 1 fully saturated rings. The lowest BCUT2D eigenvalue weighted by Gasteiger charge is -2.32. The van der Waals surface area contributed by atoms with Gasteiger partial charge in [-0.15, -0.1) is 0 Å². The Hall–Kier alpha value is -2.40. The molecule has 0 aliphatic carbocycles. The molecule has 0 saturated carbocycles. The molecule has 0 radical (unpaired) electrons. The van der Waals surface area contributed by atoms with E-state index in [0.717, 1.165) is 32.5 Å². The highest BCUT2D eigenvalue weighted by Crippen LogP contribution is 2.14. The first-order valence-electron chi connectivity index (χ1n) is 7.97. The number of Topliss-reactive ketones (excluding diaryl/α,β-unsaturated/α-hetero) is 1. The monoisotopic (exact) mass is 311 g/mol. The van der Waals surface area contributed by atoms with Crippen molar-refractivity contribution in [2.24, 2.45) is 0 Å². The Morgan fingerprint density at radius 2 is 1.83 bits per heavy atom. The smallest absolute Gasteiger partial charge is 0.294 e. The van der Waals surface area contributed by atoms with Crippen LogP contribution >= 0.6 is 0 Å². The van der Waals surface area contributed by atoms with Crippen LogP contribution in [0.2, 0.25) is 0 Å². The molecule has 1 saturated heterocycles. The van der Waals surface area contributed by atoms with Crippen molar-refractivity contribution in [2.45, 2.75) is 25.4 Å². The van der Waals surface area contributed by atoms with Crippen LogP contribution in [0.4, 0.5) is 0 Å². The number of hydrogen-bond donors (Lipinski definition) is 2. The highest BCUT2D eigenvalue weighted by atomic mass is 16.2. The molecule has 0 bridgehead atoms. The predicted octanol–water partition coefficient (Wildman–Crippen LogP) is 1.98. The van der Waals surface area contributed by atoms with E-state index >= 15 is 0 Å². The molecular formula is C18H21N3O2. The van der Waals surface area contributed by atoms with Crippen LogP contribution in [0.3, 0.4) is 0 Å². The Balaban J connectivity index is 1.46. The number of nitrogens with zero attached hydrogens (tertiary/aromatic N) is 1. The zero-order valence-electron chi connectivity index (χ0n) is 13.0. The van der Waals surface area contributed by atoms with Gasteiger partial charge in [-0.2, -0.15) is 0 Å². The first-order chi connectivity index (χ1) is 11.2. The third-order valence-corrected chi connectivity index (χ3v) is 4.22. The number of carbonyl (C=O) groups is 2. The van der Waals surface area contributed by atoms with Crippen LogP contribution in [0.25, 0.3) is 0 Å². The largest absolute Gasteiger partial charge is 0.358 e. The van der Waals surface area contributed by atoms with Crippen LogP contribution < -0.4 is 5.32 Å². The van der Waals surface area contributed by atoms with Crippen molar-refractivity contribution in [1.82, 2.24) is 15.2 Å². The SMILES string of the molecule is O=C(NC1CCN(Cc2ccccc2)CC1)C(=O)c1ccc[nH]1. The van der Waals surface area contributed by atoms with Gasteiger partial charge in [-0.05, 0) is 30.5 Å². The first kappa shape index (κ1) is 15.5. The molecule has 5 nitrogen and oxygen atoms in total. The topological polar surface area (TPSA) is 65.2 Å². The average Bonchev–Trinajstić information content (AvgIpc) is 3.11. The fraction of sp³-hybridized carbons (Fsp3) is 0.333. The molecule has 3 rings (SSSR count). The Morgan fingerprint density at radius 3 is 2.48 bits per heavy atom. The molecule has 23 heavy (non-hydrogen) atoms. The van der Waals surface area contributed by atoms with E-state index in [0.29, 0.717) is 5.69 Å². The fourth-order valence-electron chi connectivity index (χ4n) is 2.92. The van der Waals surface area contributed by atoms with Crippen molar-refractivity contribution in [3.05, 3.63) is 59.9 Å². The van der Waals surface area contributed by atoms with Crippen molar-refractivity contribution in [3.8, 4) is 0 Å². The second-order valence-electron chi connectivity index (χ2n) is 5.92. The lowest BCUT2D eigenvalue weighted by molar-refractivity contribution is -0.118. The van der Waals surface area contributed by atoms with Crippen molar-refractivity contribution in [3.63, 3.8) is 0 Å². The standard InChI is InChI=1S/C18H21N3O2/c22-17(16-7-4-10-19-16)18(23)20-15-8-11-21(12-9-15)13-14-5-2-1-3-6-14/h1-7,10,15,19H,8-9,11-13H2,(H,20,23). The van der Waals surface area contributed by atoms with Crippen molar-refractivity contribution in [1.29, 1.82) is 0 Å². The van der Waals surface area contributed by atoms with Crippen LogP contribution in [-0.4, -0.2) is 40.7 Å². The maximum atomic E-state index is 12.0. The first-order valence-corrected chi connectivity index (χ1v) is 7.97. The minimum atomic E-state index is -0.519. The highest BCUT2D eigenvalue weighted by molar-refractivity contribution is 6.42. The van der Waals surface area contributed by atoms with Crippen molar-refractivity contribution >= 4 is 11.7 Å². The third kappa shape index (κ3) is 4.07. The summed E-state index contributed by atoms with van der Waals surface area (Å²) in [4.78, 5) is 29.1. The zero-order chi connectivity index (χ0) is 16.1. The molecule has 0 spiro atoms. The maximum Gasteiger partial charge on any atom is 0.294 e. The Kier molecular flexibility index (Phi) is 4.88. The van der Waals surface area contributed by atoms with Gasteiger partial charge in [-0.25, -0.2) is 0 Å². The molecule has 1 aromatic carbocycles. The van der Waals surface area contributed by atoms with Crippen LogP contribution in [0, 0.1) is 0 Å². The van der Waals surface area contributed by atoms with E-state index in [1.54, 1.807) is 18.3 Å². The summed E-state index contributed by atoms with van der Waals surface area (Å²) in [6.07, 6.45) is 3.38. The second-order valence-corrected chi connectivity index (χ2v) is 5.92. The van der Waals surface area contributed by atoms with Gasteiger partial charge < -0.3 is 10.3 Å². The molecule has 2 N–H and O–H groups in total. The number of H-pyrrole nitrogens is 1. The molecule has 120 valence electrons. The number of aromatic amines is 1. The van der Waals surface area contributed by atoms with Crippen LogP contribution in [-0.2, 0) is 11.3 Å². The van der Waals surface area contributed by atoms with E-state index in [4.69, 9.17) is 0 Å². The Bertz CT molecular complexity index is 644. The number of likely N-dealkylation sites (tertiary alicyclic amines) is 1. The van der Waals surface area contributed by atoms with E-state index in [1.807, 2.05) is 6.07 Å². The van der Waals surface area contributed by atoms with Gasteiger partial charge in [0.2, 0.25) is 0 Å². The van der Waals surface area contributed by atoms with Gasteiger partial charge >= 0.3 is 0 Å². The quantitative estimate of drug-likeness (QED) is 0.655. The number of piperidine rings is 1. The van der Waals surface area contributed by atoms with Crippen LogP contribution in [0.5, 0.6) is 0 Å². The minimum Gasteiger partial charge on any atom is -0.358 e. The van der Waals surface area contributed by atoms with Gasteiger partial charge in [-0.3, -0.25) is 14.5 Å². The van der Waals surface area contributed by atoms with Gasteiger partial charge in [0.25, 0.3) is 11.7 Å². The molecule has 1 aromatic heterocycles. The summed E-state index contributed by atoms with van der Waals surface area (Å²) < 4.78 is 0. The molecule has 1 amide bonds. The molecule has 0 atom stereocenters. The van der Waals surface area contributed by atoms with Crippen LogP contribution in [0.1, 0.15) is 28.9 Å². The van der Waals surface area contributed by atoms with Gasteiger partial charge in [-0.1, -0.05) is 30.3 Å². The van der Waals surface area contributed by atoms with Gasteiger partial charge in [0.15, 0.2) is 0 Å². The number of amides is 1. The number of rotatable bonds is 5. The number of benzene rings is 1. The van der Waals surface area contributed by atoms with E-state index in [2.05, 4.69) is 39.5 Å². The molecule has 1 aliphatic rings. The summed E-state index contributed by atoms with van der Waals surface area (Å²) in [5.74, 6) is -1.02. The number of hydrogen-bond acceptors (Lipinski definition) is 3. The van der Waals surface area contributed by atoms with Gasteiger partial charge in [0.1, 0.15) is 0 Å². The van der Waals surface area contributed by atoms with E-state index < -0.39 is 11.7 Å². The van der Waals surface area contributed by atoms with Crippen molar-refractivity contribution in [2.75, 3.05) is 13.1 Å². The number of nitrogens with one attached hydrogen (secondary N) is 2. The maximum absolute atomic E-state index is 12.0. The highest BCUT2D eigenvalue weighted by Gasteiger charge is 2.24. The number of carbonyl (C=O) groups excluding carboxylic acids is 2. The van der Waals surface area contributed by atoms with Crippen LogP contribution in [0.15, 0.2) is 48.7 Å². The Labute approximate surface area is 135 Å². The average molecular weight is 311 g/mol. The Morgan fingerprint density at radius 1 is 1.09 bits per heavy atom. The summed E-state index contributed by atoms with van der Waals surface area (Å²) in [5.41, 5.74) is 1.64. The summed E-state index contributed by atoms with van der Waals surface area (Å²) in [7, 11) is 0. The lowest BCUT2D eigenvalue weighted by atomic mass is 10.0. The molecule has 5 heteroatoms. The van der Waals surface area contributed by atoms with E-state index in [1.165, 1.54) is 5.56 Å². The van der Waals surface area contributed by atoms with Gasteiger partial charge in [0.05, 0.1) is 5.69 Å². The predicted molar refractivity (Wildman–Crippen MR) is 88.0 cm³/mol. The number of aromatic nitrogens is 1. The summed E-state index contributed by atoms with van der Waals surface area (Å²) in [6.45, 7) is 2.79. The zero-order valence-corrected chi connectivity index (χ0v) is 13.0. The summed E-state index contributed by atoms with van der Waals surface area (Å²) in [5, 5.41) is 2.86. The molecule has 1 aliphatic heterocycles. The summed E-state index contributed by atoms with van der Waals surface area (Å²) in [6, 6.07) is 13.8. The van der Waals surface area contributed by atoms with Crippen molar-refractivity contribution < 1.29 is 9.59 Å². The molecule has 2 aromatic rings. The fourth-order valence-corrected chi connectivity index (χ4v) is 2.92. The second kappa shape index (κ2) is 7.24. The molecular weight excluding hydrogens is 290 g/mol. The lowest BCUT2D eigenvalue weighted by Crippen LogP contribution is -2.46. The molecule has 2 heterocycles. The van der Waals surface area contributed by atoms with E-state index in [9.17, 15) is 9.59 Å². The van der Waals surface area contributed by atoms with Gasteiger partial charge in [0, 0.05) is 31.9 Å².